The van der Waals surface area contributed by atoms with Gasteiger partial charge in [0.1, 0.15) is 0 Å². The Labute approximate surface area is 73.8 Å². The third kappa shape index (κ3) is 2.35. The SMILES string of the molecule is O=C(Oc1ncc[nH]1)N(S)S. The molecule has 0 aliphatic heterocycles. The minimum atomic E-state index is -0.716. The Hall–Kier alpha value is -0.820. The summed E-state index contributed by atoms with van der Waals surface area (Å²) in [7, 11) is 0. The molecule has 0 saturated carbocycles. The summed E-state index contributed by atoms with van der Waals surface area (Å²) in [6.07, 6.45) is 2.28. The van der Waals surface area contributed by atoms with Gasteiger partial charge in [-0.3, -0.25) is 0 Å². The van der Waals surface area contributed by atoms with Crippen LogP contribution in [0.5, 0.6) is 6.01 Å². The zero-order valence-corrected chi connectivity index (χ0v) is 7.05. The lowest BCUT2D eigenvalue weighted by molar-refractivity contribution is 0.194. The predicted octanol–water partition coefficient (Wildman–Crippen LogP) is 0.900. The number of imidazole rings is 1. The first-order chi connectivity index (χ1) is 5.20. The van der Waals surface area contributed by atoms with Gasteiger partial charge in [0.05, 0.1) is 0 Å². The molecule has 1 N–H and O–H groups in total. The number of H-pyrrole nitrogens is 1. The Morgan fingerprint density at radius 1 is 1.73 bits per heavy atom. The van der Waals surface area contributed by atoms with E-state index in [1.165, 1.54) is 12.4 Å². The molecule has 0 aliphatic carbocycles. The van der Waals surface area contributed by atoms with Gasteiger partial charge in [0.25, 0.3) is 0 Å². The topological polar surface area (TPSA) is 58.2 Å². The Bertz CT molecular complexity index is 235. The highest BCUT2D eigenvalue weighted by molar-refractivity contribution is 7.94. The fourth-order valence-corrected chi connectivity index (χ4v) is 0.512. The number of amides is 1. The molecule has 1 aromatic heterocycles. The summed E-state index contributed by atoms with van der Waals surface area (Å²) < 4.78 is 5.29. The molecule has 1 heterocycles. The third-order valence-electron chi connectivity index (χ3n) is 0.820. The minimum Gasteiger partial charge on any atom is -0.374 e. The molecule has 0 fully saturated rings. The molecule has 0 aliphatic rings. The monoisotopic (exact) mass is 191 g/mol. The van der Waals surface area contributed by atoms with Crippen molar-refractivity contribution in [3.8, 4) is 6.01 Å². The fourth-order valence-electron chi connectivity index (χ4n) is 0.430. The number of ether oxygens (including phenoxy) is 1. The van der Waals surface area contributed by atoms with Gasteiger partial charge in [0, 0.05) is 12.4 Å². The normalized spacial score (nSPS) is 9.27. The van der Waals surface area contributed by atoms with Gasteiger partial charge >= 0.3 is 12.1 Å². The number of nitrogens with zero attached hydrogens (tertiary/aromatic N) is 2. The van der Waals surface area contributed by atoms with E-state index in [1.807, 2.05) is 0 Å². The molecule has 0 unspecified atom stereocenters. The van der Waals surface area contributed by atoms with Crippen molar-refractivity contribution in [1.29, 1.82) is 0 Å². The van der Waals surface area contributed by atoms with Crippen molar-refractivity contribution in [3.63, 3.8) is 0 Å². The van der Waals surface area contributed by atoms with Crippen LogP contribution in [0.15, 0.2) is 12.4 Å². The number of hydrogen-bond donors (Lipinski definition) is 3. The summed E-state index contributed by atoms with van der Waals surface area (Å²) in [5, 5.41) is 0. The molecule has 60 valence electrons. The molecule has 1 amide bonds. The second-order valence-corrected chi connectivity index (χ2v) is 2.67. The van der Waals surface area contributed by atoms with Crippen LogP contribution in [0.4, 0.5) is 4.79 Å². The molecule has 0 bridgehead atoms. The van der Waals surface area contributed by atoms with Gasteiger partial charge in [-0.15, -0.1) is 0 Å². The zero-order chi connectivity index (χ0) is 8.27. The van der Waals surface area contributed by atoms with E-state index in [2.05, 4.69) is 40.3 Å². The highest BCUT2D eigenvalue weighted by Gasteiger charge is 2.08. The van der Waals surface area contributed by atoms with Gasteiger partial charge < -0.3 is 9.72 Å². The lowest BCUT2D eigenvalue weighted by Gasteiger charge is -2.04. The molecular weight excluding hydrogens is 186 g/mol. The van der Waals surface area contributed by atoms with Crippen molar-refractivity contribution in [2.75, 3.05) is 0 Å². The molecule has 0 radical (unpaired) electrons. The van der Waals surface area contributed by atoms with Crippen LogP contribution in [0, 0.1) is 0 Å². The fraction of sp³-hybridized carbons (Fsp3) is 0. The first-order valence-corrected chi connectivity index (χ1v) is 3.39. The molecule has 7 heteroatoms. The van der Waals surface area contributed by atoms with Crippen LogP contribution in [0.3, 0.4) is 0 Å². The Balaban J connectivity index is 2.50. The summed E-state index contributed by atoms with van der Waals surface area (Å²) in [6, 6.07) is 0.114. The highest BCUT2D eigenvalue weighted by Crippen LogP contribution is 2.05. The van der Waals surface area contributed by atoms with E-state index in [4.69, 9.17) is 0 Å². The summed E-state index contributed by atoms with van der Waals surface area (Å²) >= 11 is 7.17. The van der Waals surface area contributed by atoms with Crippen molar-refractivity contribution in [3.05, 3.63) is 12.4 Å². The third-order valence-corrected chi connectivity index (χ3v) is 1.15. The Kier molecular flexibility index (Phi) is 2.66. The molecule has 0 spiro atoms. The average molecular weight is 191 g/mol. The van der Waals surface area contributed by atoms with Crippen molar-refractivity contribution >= 4 is 31.7 Å². The first kappa shape index (κ1) is 8.28. The van der Waals surface area contributed by atoms with Crippen LogP contribution in [0.1, 0.15) is 0 Å². The highest BCUT2D eigenvalue weighted by atomic mass is 32.2. The standard InChI is InChI=1S/C4H5N3O2S2/c8-4(7(10)11)9-3-5-1-2-6-3/h1-2,10-11H,(H,5,6). The molecule has 0 saturated heterocycles. The number of rotatable bonds is 1. The van der Waals surface area contributed by atoms with Gasteiger partial charge in [-0.2, -0.15) is 3.71 Å². The van der Waals surface area contributed by atoms with Crippen molar-refractivity contribution in [1.82, 2.24) is 13.7 Å². The van der Waals surface area contributed by atoms with Crippen LogP contribution in [0.2, 0.25) is 0 Å². The maximum absolute atomic E-state index is 10.7. The van der Waals surface area contributed by atoms with Crippen LogP contribution in [0.25, 0.3) is 0 Å². The van der Waals surface area contributed by atoms with Crippen LogP contribution >= 0.6 is 25.6 Å². The molecule has 0 atom stereocenters. The largest absolute Gasteiger partial charge is 0.437 e. The van der Waals surface area contributed by atoms with E-state index in [-0.39, 0.29) is 6.01 Å². The van der Waals surface area contributed by atoms with E-state index < -0.39 is 6.09 Å². The second kappa shape index (κ2) is 3.54. The van der Waals surface area contributed by atoms with E-state index in [1.54, 1.807) is 0 Å². The molecule has 1 aromatic rings. The Morgan fingerprint density at radius 3 is 2.91 bits per heavy atom. The number of hydrogen-bond acceptors (Lipinski definition) is 5. The zero-order valence-electron chi connectivity index (χ0n) is 5.26. The van der Waals surface area contributed by atoms with Gasteiger partial charge in [-0.1, -0.05) is 0 Å². The van der Waals surface area contributed by atoms with Crippen LogP contribution in [-0.2, 0) is 0 Å². The molecule has 11 heavy (non-hydrogen) atoms. The van der Waals surface area contributed by atoms with Crippen molar-refractivity contribution < 1.29 is 9.53 Å². The van der Waals surface area contributed by atoms with Gasteiger partial charge in [0.15, 0.2) is 0 Å². The predicted molar refractivity (Wildman–Crippen MR) is 44.4 cm³/mol. The maximum atomic E-state index is 10.7. The van der Waals surface area contributed by atoms with E-state index in [0.29, 0.717) is 3.71 Å². The van der Waals surface area contributed by atoms with E-state index >= 15 is 0 Å². The van der Waals surface area contributed by atoms with Crippen LogP contribution < -0.4 is 4.74 Å². The molecule has 1 rings (SSSR count). The quantitative estimate of drug-likeness (QED) is 0.578. The van der Waals surface area contributed by atoms with Crippen LogP contribution in [-0.4, -0.2) is 19.8 Å². The first-order valence-electron chi connectivity index (χ1n) is 2.59. The van der Waals surface area contributed by atoms with Gasteiger partial charge in [-0.05, 0) is 25.6 Å². The number of carbonyl (C=O) groups is 1. The number of carbonyl (C=O) groups excluding carboxylic acids is 1. The smallest absolute Gasteiger partial charge is 0.374 e. The second-order valence-electron chi connectivity index (χ2n) is 1.55. The minimum absolute atomic E-state index is 0.114. The van der Waals surface area contributed by atoms with E-state index in [0.717, 1.165) is 0 Å². The number of aromatic nitrogens is 2. The lowest BCUT2D eigenvalue weighted by Crippen LogP contribution is -2.17. The number of thiol groups is 2. The number of aromatic amines is 1. The maximum Gasteiger partial charge on any atom is 0.437 e. The van der Waals surface area contributed by atoms with E-state index in [9.17, 15) is 4.79 Å². The number of nitrogens with one attached hydrogen (secondary N) is 1. The van der Waals surface area contributed by atoms with Crippen molar-refractivity contribution in [2.24, 2.45) is 0 Å². The van der Waals surface area contributed by atoms with Crippen molar-refractivity contribution in [2.45, 2.75) is 0 Å². The van der Waals surface area contributed by atoms with Gasteiger partial charge in [0.2, 0.25) is 0 Å². The molecule has 5 nitrogen and oxygen atoms in total. The average Bonchev–Trinajstić information content (AvgIpc) is 2.39. The molecule has 0 aromatic carbocycles. The summed E-state index contributed by atoms with van der Waals surface area (Å²) in [5.74, 6) is 0. The molecular formula is C4H5N3O2S2. The Morgan fingerprint density at radius 2 is 2.45 bits per heavy atom. The lowest BCUT2D eigenvalue weighted by atomic mass is 11.0. The van der Waals surface area contributed by atoms with Gasteiger partial charge in [-0.25, -0.2) is 9.78 Å². The summed E-state index contributed by atoms with van der Waals surface area (Å²) in [4.78, 5) is 16.9. The summed E-state index contributed by atoms with van der Waals surface area (Å²) in [6.45, 7) is 0. The summed E-state index contributed by atoms with van der Waals surface area (Å²) in [5.41, 5.74) is 0.